The lowest BCUT2D eigenvalue weighted by Gasteiger charge is -2.39. The summed E-state index contributed by atoms with van der Waals surface area (Å²) in [6.07, 6.45) is -4.45. The molecule has 1 aliphatic rings. The van der Waals surface area contributed by atoms with Crippen molar-refractivity contribution in [3.63, 3.8) is 0 Å². The lowest BCUT2D eigenvalue weighted by Crippen LogP contribution is -2.40. The Kier molecular flexibility index (Phi) is 4.31. The van der Waals surface area contributed by atoms with Gasteiger partial charge in [-0.25, -0.2) is 4.39 Å². The number of hydrogen-bond donors (Lipinski definition) is 1. The predicted molar refractivity (Wildman–Crippen MR) is 69.1 cm³/mol. The molecular formula is C15H18F4O2. The molecule has 2 atom stereocenters. The number of rotatable bonds is 2. The van der Waals surface area contributed by atoms with Gasteiger partial charge in [0.15, 0.2) is 0 Å². The molecule has 0 saturated carbocycles. The van der Waals surface area contributed by atoms with Gasteiger partial charge in [-0.3, -0.25) is 0 Å². The standard InChI is InChI=1S/C15H18F4O2/c1-9(2)13-8-14(20,5-6-21-13)10-3-4-11(12(16)7-10)15(17,18)19/h3-4,7,9,13,20H,5-6,8H2,1-2H3. The van der Waals surface area contributed by atoms with Crippen LogP contribution in [0.4, 0.5) is 17.6 Å². The van der Waals surface area contributed by atoms with Gasteiger partial charge in [-0.1, -0.05) is 19.9 Å². The average Bonchev–Trinajstić information content (AvgIpc) is 2.37. The topological polar surface area (TPSA) is 29.5 Å². The van der Waals surface area contributed by atoms with Gasteiger partial charge in [0.2, 0.25) is 0 Å². The average molecular weight is 306 g/mol. The van der Waals surface area contributed by atoms with Crippen LogP contribution in [0.3, 0.4) is 0 Å². The van der Waals surface area contributed by atoms with E-state index in [1.165, 1.54) is 0 Å². The van der Waals surface area contributed by atoms with Crippen LogP contribution in [0.1, 0.15) is 37.8 Å². The second-order valence-corrected chi connectivity index (χ2v) is 5.83. The minimum Gasteiger partial charge on any atom is -0.385 e. The van der Waals surface area contributed by atoms with Crippen molar-refractivity contribution in [2.24, 2.45) is 5.92 Å². The highest BCUT2D eigenvalue weighted by molar-refractivity contribution is 5.30. The number of alkyl halides is 3. The van der Waals surface area contributed by atoms with Gasteiger partial charge < -0.3 is 9.84 Å². The van der Waals surface area contributed by atoms with Crippen molar-refractivity contribution in [3.05, 3.63) is 35.1 Å². The van der Waals surface area contributed by atoms with E-state index < -0.39 is 23.2 Å². The van der Waals surface area contributed by atoms with Gasteiger partial charge in [0.25, 0.3) is 0 Å². The van der Waals surface area contributed by atoms with Crippen molar-refractivity contribution in [1.82, 2.24) is 0 Å². The normalized spacial score (nSPS) is 27.1. The van der Waals surface area contributed by atoms with E-state index in [4.69, 9.17) is 4.74 Å². The van der Waals surface area contributed by atoms with E-state index in [2.05, 4.69) is 0 Å². The van der Waals surface area contributed by atoms with Crippen LogP contribution in [0.2, 0.25) is 0 Å². The fourth-order valence-electron chi connectivity index (χ4n) is 2.60. The summed E-state index contributed by atoms with van der Waals surface area (Å²) in [4.78, 5) is 0. The first-order valence-corrected chi connectivity index (χ1v) is 6.85. The number of aliphatic hydroxyl groups is 1. The van der Waals surface area contributed by atoms with Crippen LogP contribution >= 0.6 is 0 Å². The van der Waals surface area contributed by atoms with Gasteiger partial charge in [0.05, 0.1) is 23.9 Å². The molecule has 2 rings (SSSR count). The SMILES string of the molecule is CC(C)C1CC(O)(c2ccc(C(F)(F)F)c(F)c2)CCO1. The van der Waals surface area contributed by atoms with E-state index in [0.717, 1.165) is 12.1 Å². The molecule has 0 spiro atoms. The minimum absolute atomic E-state index is 0.163. The molecule has 1 heterocycles. The quantitative estimate of drug-likeness (QED) is 0.841. The summed E-state index contributed by atoms with van der Waals surface area (Å²) in [7, 11) is 0. The Labute approximate surface area is 120 Å². The molecule has 2 unspecified atom stereocenters. The molecular weight excluding hydrogens is 288 g/mol. The highest BCUT2D eigenvalue weighted by Crippen LogP contribution is 2.39. The number of halogens is 4. The second-order valence-electron chi connectivity index (χ2n) is 5.83. The van der Waals surface area contributed by atoms with Crippen LogP contribution in [0, 0.1) is 11.7 Å². The van der Waals surface area contributed by atoms with Crippen molar-refractivity contribution in [3.8, 4) is 0 Å². The van der Waals surface area contributed by atoms with Crippen LogP contribution in [-0.4, -0.2) is 17.8 Å². The van der Waals surface area contributed by atoms with Crippen molar-refractivity contribution >= 4 is 0 Å². The van der Waals surface area contributed by atoms with E-state index >= 15 is 0 Å². The van der Waals surface area contributed by atoms with E-state index in [-0.39, 0.29) is 30.4 Å². The summed E-state index contributed by atoms with van der Waals surface area (Å²) in [6, 6.07) is 2.61. The molecule has 0 radical (unpaired) electrons. The summed E-state index contributed by atoms with van der Waals surface area (Å²) < 4.78 is 56.9. The Hall–Kier alpha value is -1.14. The number of ether oxygens (including phenoxy) is 1. The third kappa shape index (κ3) is 3.37. The molecule has 0 aromatic heterocycles. The van der Waals surface area contributed by atoms with Crippen LogP contribution in [0.5, 0.6) is 0 Å². The highest BCUT2D eigenvalue weighted by Gasteiger charge is 2.40. The van der Waals surface area contributed by atoms with E-state index in [1.54, 1.807) is 0 Å². The van der Waals surface area contributed by atoms with Gasteiger partial charge in [-0.2, -0.15) is 13.2 Å². The first kappa shape index (κ1) is 16.2. The third-order valence-electron chi connectivity index (χ3n) is 3.94. The van der Waals surface area contributed by atoms with Crippen molar-refractivity contribution in [2.75, 3.05) is 6.61 Å². The van der Waals surface area contributed by atoms with Crippen LogP contribution in [0.25, 0.3) is 0 Å². The molecule has 21 heavy (non-hydrogen) atoms. The van der Waals surface area contributed by atoms with Gasteiger partial charge in [0.1, 0.15) is 5.82 Å². The molecule has 0 aliphatic carbocycles. The largest absolute Gasteiger partial charge is 0.419 e. The Morgan fingerprint density at radius 2 is 2.00 bits per heavy atom. The molecule has 1 aliphatic heterocycles. The summed E-state index contributed by atoms with van der Waals surface area (Å²) in [5.74, 6) is -1.20. The Morgan fingerprint density at radius 1 is 1.33 bits per heavy atom. The summed E-state index contributed by atoms with van der Waals surface area (Å²) in [5.41, 5.74) is -2.50. The molecule has 118 valence electrons. The first-order chi connectivity index (χ1) is 9.63. The zero-order valence-electron chi connectivity index (χ0n) is 11.9. The van der Waals surface area contributed by atoms with E-state index in [9.17, 15) is 22.7 Å². The van der Waals surface area contributed by atoms with Crippen LogP contribution in [0.15, 0.2) is 18.2 Å². The van der Waals surface area contributed by atoms with Gasteiger partial charge in [-0.05, 0) is 23.6 Å². The van der Waals surface area contributed by atoms with Gasteiger partial charge >= 0.3 is 6.18 Å². The predicted octanol–water partition coefficient (Wildman–Crippen LogP) is 3.87. The minimum atomic E-state index is -4.73. The van der Waals surface area contributed by atoms with Gasteiger partial charge in [0, 0.05) is 12.8 Å². The summed E-state index contributed by atoms with van der Waals surface area (Å²) in [5, 5.41) is 10.7. The molecule has 2 nitrogen and oxygen atoms in total. The van der Waals surface area contributed by atoms with Gasteiger partial charge in [-0.15, -0.1) is 0 Å². The molecule has 1 aromatic rings. The molecule has 1 saturated heterocycles. The Morgan fingerprint density at radius 3 is 2.52 bits per heavy atom. The zero-order valence-corrected chi connectivity index (χ0v) is 11.9. The first-order valence-electron chi connectivity index (χ1n) is 6.85. The maximum atomic E-state index is 13.7. The van der Waals surface area contributed by atoms with E-state index in [0.29, 0.717) is 12.7 Å². The summed E-state index contributed by atoms with van der Waals surface area (Å²) in [6.45, 7) is 4.16. The maximum Gasteiger partial charge on any atom is 0.419 e. The van der Waals surface area contributed by atoms with Crippen LogP contribution < -0.4 is 0 Å². The highest BCUT2D eigenvalue weighted by atomic mass is 19.4. The molecule has 0 amide bonds. The zero-order chi connectivity index (χ0) is 15.8. The van der Waals surface area contributed by atoms with Crippen molar-refractivity contribution in [2.45, 2.75) is 44.6 Å². The van der Waals surface area contributed by atoms with Crippen molar-refractivity contribution in [1.29, 1.82) is 0 Å². The second kappa shape index (κ2) is 5.57. The molecule has 0 bridgehead atoms. The van der Waals surface area contributed by atoms with Crippen molar-refractivity contribution < 1.29 is 27.4 Å². The fraction of sp³-hybridized carbons (Fsp3) is 0.600. The van der Waals surface area contributed by atoms with E-state index in [1.807, 2.05) is 13.8 Å². The third-order valence-corrected chi connectivity index (χ3v) is 3.94. The lowest BCUT2D eigenvalue weighted by atomic mass is 9.81. The van der Waals surface area contributed by atoms with Crippen LogP contribution in [-0.2, 0) is 16.5 Å². The fourth-order valence-corrected chi connectivity index (χ4v) is 2.60. The monoisotopic (exact) mass is 306 g/mol. The number of hydrogen-bond acceptors (Lipinski definition) is 2. The lowest BCUT2D eigenvalue weighted by molar-refractivity contribution is -0.140. The maximum absolute atomic E-state index is 13.7. The summed E-state index contributed by atoms with van der Waals surface area (Å²) >= 11 is 0. The number of benzene rings is 1. The Balaban J connectivity index is 2.31. The molecule has 1 N–H and O–H groups in total. The smallest absolute Gasteiger partial charge is 0.385 e. The molecule has 6 heteroatoms. The Bertz CT molecular complexity index is 513. The molecule has 1 fully saturated rings. The molecule has 1 aromatic carbocycles.